The smallest absolute Gasteiger partial charge is 0.251 e. The summed E-state index contributed by atoms with van der Waals surface area (Å²) in [7, 11) is 0. The molecule has 204 valence electrons. The second kappa shape index (κ2) is 11.1. The summed E-state index contributed by atoms with van der Waals surface area (Å²) in [6.45, 7) is 18.0. The van der Waals surface area contributed by atoms with Gasteiger partial charge in [0.15, 0.2) is 5.78 Å². The third-order valence-corrected chi connectivity index (χ3v) is 8.89. The molecule has 8 nitrogen and oxygen atoms in total. The van der Waals surface area contributed by atoms with Gasteiger partial charge in [0.05, 0.1) is 6.10 Å². The lowest BCUT2D eigenvalue weighted by Gasteiger charge is -2.37. The van der Waals surface area contributed by atoms with Crippen molar-refractivity contribution in [3.8, 4) is 0 Å². The van der Waals surface area contributed by atoms with Crippen molar-refractivity contribution in [1.29, 1.82) is 0 Å². The third-order valence-electron chi connectivity index (χ3n) is 8.89. The Morgan fingerprint density at radius 1 is 1.08 bits per heavy atom. The number of rotatable bonds is 8. The zero-order chi connectivity index (χ0) is 26.9. The number of amides is 2. The van der Waals surface area contributed by atoms with Crippen molar-refractivity contribution < 1.29 is 19.1 Å². The number of nitrogens with one attached hydrogen (secondary N) is 1. The monoisotopic (exact) mass is 512 g/mol. The molecule has 1 aromatic carbocycles. The molecule has 8 heteroatoms. The molecule has 3 saturated heterocycles. The first-order chi connectivity index (χ1) is 17.6. The molecule has 0 aromatic heterocycles. The summed E-state index contributed by atoms with van der Waals surface area (Å²) in [5.74, 6) is -0.119. The Bertz CT molecular complexity index is 984. The Labute approximate surface area is 221 Å². The van der Waals surface area contributed by atoms with Gasteiger partial charge < -0.3 is 24.8 Å². The number of piperazine rings is 1. The molecule has 3 fully saturated rings. The van der Waals surface area contributed by atoms with E-state index in [4.69, 9.17) is 4.74 Å². The predicted molar refractivity (Wildman–Crippen MR) is 145 cm³/mol. The van der Waals surface area contributed by atoms with Crippen LogP contribution in [0.4, 0.5) is 5.69 Å². The largest absolute Gasteiger partial charge is 0.369 e. The van der Waals surface area contributed by atoms with Crippen molar-refractivity contribution >= 4 is 23.3 Å². The lowest BCUT2D eigenvalue weighted by atomic mass is 9.80. The van der Waals surface area contributed by atoms with Gasteiger partial charge in [-0.2, -0.15) is 0 Å². The van der Waals surface area contributed by atoms with Crippen LogP contribution in [0, 0.1) is 17.3 Å². The molecule has 0 saturated carbocycles. The molecule has 0 radical (unpaired) electrons. The SMILES string of the molecule is CCN1CCN(c2ccc(C(=O)N[C@H](C(=O)N3C[C@H](C(C)C)[C@H]4OCC(=O)[C@H]43)C(C)(C)CC)cc2)CC1. The van der Waals surface area contributed by atoms with Crippen LogP contribution < -0.4 is 10.2 Å². The molecule has 0 aliphatic carbocycles. The second-order valence-corrected chi connectivity index (χ2v) is 11.8. The molecular formula is C29H44N4O4. The van der Waals surface area contributed by atoms with E-state index >= 15 is 0 Å². The predicted octanol–water partition coefficient (Wildman–Crippen LogP) is 2.81. The summed E-state index contributed by atoms with van der Waals surface area (Å²) in [5.41, 5.74) is 1.15. The van der Waals surface area contributed by atoms with Crippen LogP contribution in [0.25, 0.3) is 0 Å². The number of hydrogen-bond donors (Lipinski definition) is 1. The maximum absolute atomic E-state index is 14.0. The molecule has 3 heterocycles. The van der Waals surface area contributed by atoms with Crippen molar-refractivity contribution in [1.82, 2.24) is 15.1 Å². The normalized spacial score (nSPS) is 25.5. The van der Waals surface area contributed by atoms with Gasteiger partial charge in [0.2, 0.25) is 5.91 Å². The number of fused-ring (bicyclic) bond motifs is 1. The fraction of sp³-hybridized carbons (Fsp3) is 0.690. The molecule has 1 aromatic rings. The van der Waals surface area contributed by atoms with Crippen molar-refractivity contribution in [2.75, 3.05) is 50.8 Å². The molecule has 37 heavy (non-hydrogen) atoms. The zero-order valence-electron chi connectivity index (χ0n) is 23.3. The minimum atomic E-state index is -0.744. The second-order valence-electron chi connectivity index (χ2n) is 11.8. The highest BCUT2D eigenvalue weighted by atomic mass is 16.5. The maximum atomic E-state index is 14.0. The highest BCUT2D eigenvalue weighted by molar-refractivity contribution is 5.99. The number of Topliss-reactive ketones (excluding diaryl/α,β-unsaturated/α-hetero) is 1. The number of ketones is 1. The lowest BCUT2D eigenvalue weighted by molar-refractivity contribution is -0.140. The van der Waals surface area contributed by atoms with Crippen LogP contribution in [-0.2, 0) is 14.3 Å². The maximum Gasteiger partial charge on any atom is 0.251 e. The molecule has 4 rings (SSSR count). The highest BCUT2D eigenvalue weighted by Crippen LogP contribution is 2.38. The molecule has 0 bridgehead atoms. The number of hydrogen-bond acceptors (Lipinski definition) is 6. The number of ether oxygens (including phenoxy) is 1. The summed E-state index contributed by atoms with van der Waals surface area (Å²) in [6, 6.07) is 6.36. The third kappa shape index (κ3) is 5.55. The number of anilines is 1. The summed E-state index contributed by atoms with van der Waals surface area (Å²) in [6.07, 6.45) is 0.441. The summed E-state index contributed by atoms with van der Waals surface area (Å²) in [5, 5.41) is 3.05. The Morgan fingerprint density at radius 2 is 1.73 bits per heavy atom. The minimum Gasteiger partial charge on any atom is -0.369 e. The topological polar surface area (TPSA) is 82.2 Å². The van der Waals surface area contributed by atoms with Crippen LogP contribution in [-0.4, -0.2) is 91.5 Å². The zero-order valence-corrected chi connectivity index (χ0v) is 23.3. The van der Waals surface area contributed by atoms with E-state index in [1.165, 1.54) is 0 Å². The molecule has 4 atom stereocenters. The van der Waals surface area contributed by atoms with Crippen molar-refractivity contribution in [3.05, 3.63) is 29.8 Å². The Hall–Kier alpha value is -2.45. The average Bonchev–Trinajstić information content (AvgIpc) is 3.47. The van der Waals surface area contributed by atoms with Gasteiger partial charge in [0.25, 0.3) is 5.91 Å². The van der Waals surface area contributed by atoms with E-state index in [1.54, 1.807) is 4.90 Å². The van der Waals surface area contributed by atoms with Crippen LogP contribution in [0.5, 0.6) is 0 Å². The number of benzene rings is 1. The van der Waals surface area contributed by atoms with E-state index in [0.717, 1.165) is 38.4 Å². The van der Waals surface area contributed by atoms with Crippen LogP contribution in [0.15, 0.2) is 24.3 Å². The molecule has 0 unspecified atom stereocenters. The van der Waals surface area contributed by atoms with E-state index in [1.807, 2.05) is 45.0 Å². The first-order valence-corrected chi connectivity index (χ1v) is 13.9. The number of nitrogens with zero attached hydrogens (tertiary/aromatic N) is 3. The van der Waals surface area contributed by atoms with Crippen molar-refractivity contribution in [2.45, 2.75) is 66.2 Å². The standard InChI is InChI=1S/C29H44N4O4/c1-7-29(5,6)26(28(36)33-17-22(19(3)4)25-24(33)23(34)18-37-25)30-27(35)20-9-11-21(12-10-20)32-15-13-31(8-2)14-16-32/h9-12,19,22,24-26H,7-8,13-18H2,1-6H3,(H,30,35)/t22-,24-,25-,26-/m1/s1. The fourth-order valence-corrected chi connectivity index (χ4v) is 5.83. The Morgan fingerprint density at radius 3 is 2.30 bits per heavy atom. The number of likely N-dealkylation sites (N-methyl/N-ethyl adjacent to an activating group) is 1. The average molecular weight is 513 g/mol. The first-order valence-electron chi connectivity index (χ1n) is 13.9. The molecular weight excluding hydrogens is 468 g/mol. The fourth-order valence-electron chi connectivity index (χ4n) is 5.83. The van der Waals surface area contributed by atoms with E-state index in [-0.39, 0.29) is 42.1 Å². The number of likely N-dealkylation sites (tertiary alicyclic amines) is 1. The minimum absolute atomic E-state index is 0.0451. The number of carbonyl (C=O) groups excluding carboxylic acids is 3. The molecule has 0 spiro atoms. The number of carbonyl (C=O) groups is 3. The van der Waals surface area contributed by atoms with Gasteiger partial charge in [-0.15, -0.1) is 0 Å². The molecule has 3 aliphatic heterocycles. The van der Waals surface area contributed by atoms with E-state index in [2.05, 4.69) is 35.9 Å². The van der Waals surface area contributed by atoms with Gasteiger partial charge in [-0.3, -0.25) is 14.4 Å². The van der Waals surface area contributed by atoms with E-state index in [9.17, 15) is 14.4 Å². The van der Waals surface area contributed by atoms with Gasteiger partial charge in [-0.05, 0) is 48.6 Å². The Balaban J connectivity index is 1.50. The van der Waals surface area contributed by atoms with Crippen molar-refractivity contribution in [3.63, 3.8) is 0 Å². The Kier molecular flexibility index (Phi) is 8.29. The summed E-state index contributed by atoms with van der Waals surface area (Å²) >= 11 is 0. The van der Waals surface area contributed by atoms with Gasteiger partial charge in [-0.1, -0.05) is 41.5 Å². The van der Waals surface area contributed by atoms with Crippen LogP contribution in [0.3, 0.4) is 0 Å². The van der Waals surface area contributed by atoms with Crippen LogP contribution in [0.1, 0.15) is 58.3 Å². The summed E-state index contributed by atoms with van der Waals surface area (Å²) in [4.78, 5) is 46.5. The van der Waals surface area contributed by atoms with Gasteiger partial charge in [0, 0.05) is 49.9 Å². The molecule has 3 aliphatic rings. The highest BCUT2D eigenvalue weighted by Gasteiger charge is 2.54. The first kappa shape index (κ1) is 27.6. The van der Waals surface area contributed by atoms with E-state index in [0.29, 0.717) is 18.5 Å². The quantitative estimate of drug-likeness (QED) is 0.577. The van der Waals surface area contributed by atoms with Gasteiger partial charge in [-0.25, -0.2) is 0 Å². The van der Waals surface area contributed by atoms with Crippen LogP contribution in [0.2, 0.25) is 0 Å². The molecule has 2 amide bonds. The van der Waals surface area contributed by atoms with Gasteiger partial charge >= 0.3 is 0 Å². The lowest BCUT2D eigenvalue weighted by Crippen LogP contribution is -2.57. The van der Waals surface area contributed by atoms with Crippen LogP contribution >= 0.6 is 0 Å². The molecule has 1 N–H and O–H groups in total. The van der Waals surface area contributed by atoms with E-state index < -0.39 is 17.5 Å². The van der Waals surface area contributed by atoms with Crippen molar-refractivity contribution in [2.24, 2.45) is 17.3 Å². The summed E-state index contributed by atoms with van der Waals surface area (Å²) < 4.78 is 5.82. The van der Waals surface area contributed by atoms with Gasteiger partial charge in [0.1, 0.15) is 18.7 Å².